The molecule has 0 fully saturated rings. The Labute approximate surface area is 237 Å². The molecule has 0 saturated carbocycles. The third-order valence-electron chi connectivity index (χ3n) is 7.75. The van der Waals surface area contributed by atoms with Gasteiger partial charge in [-0.05, 0) is 74.2 Å². The minimum atomic E-state index is 0.0648. The fourth-order valence-corrected chi connectivity index (χ4v) is 5.33. The van der Waals surface area contributed by atoms with Gasteiger partial charge in [-0.15, -0.1) is 0 Å². The minimum Gasteiger partial charge on any atom is -0.256 e. The first-order valence-corrected chi connectivity index (χ1v) is 13.9. The average molecular weight is 522 g/mol. The Morgan fingerprint density at radius 3 is 2.08 bits per heavy atom. The van der Waals surface area contributed by atoms with Crippen molar-refractivity contribution in [2.75, 3.05) is 0 Å². The van der Waals surface area contributed by atoms with E-state index in [0.717, 1.165) is 33.4 Å². The lowest BCUT2D eigenvalue weighted by Crippen LogP contribution is -2.11. The summed E-state index contributed by atoms with van der Waals surface area (Å²) >= 11 is 0. The van der Waals surface area contributed by atoms with Gasteiger partial charge in [-0.1, -0.05) is 102 Å². The Morgan fingerprint density at radius 2 is 1.27 bits per heavy atom. The van der Waals surface area contributed by atoms with Crippen LogP contribution in [0.4, 0.5) is 0 Å². The molecule has 2 heterocycles. The minimum absolute atomic E-state index is 0.0648. The zero-order chi connectivity index (χ0) is 28.1. The quantitative estimate of drug-likeness (QED) is 0.233. The van der Waals surface area contributed by atoms with E-state index < -0.39 is 0 Å². The van der Waals surface area contributed by atoms with Crippen molar-refractivity contribution in [2.24, 2.45) is 0 Å². The van der Waals surface area contributed by atoms with E-state index in [2.05, 4.69) is 138 Å². The number of benzene rings is 4. The second kappa shape index (κ2) is 9.67. The molecule has 0 aliphatic carbocycles. The van der Waals surface area contributed by atoms with Crippen molar-refractivity contribution in [2.45, 2.75) is 52.4 Å². The lowest BCUT2D eigenvalue weighted by molar-refractivity contribution is 0.589. The van der Waals surface area contributed by atoms with Crippen molar-refractivity contribution in [1.82, 2.24) is 15.0 Å². The molecule has 0 amide bonds. The summed E-state index contributed by atoms with van der Waals surface area (Å²) in [6, 6.07) is 32.8. The molecule has 0 bridgehead atoms. The second-order valence-electron chi connectivity index (χ2n) is 12.7. The smallest absolute Gasteiger partial charge is 0.116 e. The third kappa shape index (κ3) is 4.88. The summed E-state index contributed by atoms with van der Waals surface area (Å²) in [4.78, 5) is 14.1. The van der Waals surface area contributed by atoms with Gasteiger partial charge in [-0.2, -0.15) is 0 Å². The molecule has 2 aromatic heterocycles. The summed E-state index contributed by atoms with van der Waals surface area (Å²) in [5, 5.41) is 3.47. The van der Waals surface area contributed by atoms with Crippen LogP contribution < -0.4 is 0 Å². The Balaban J connectivity index is 1.46. The molecule has 0 saturated heterocycles. The van der Waals surface area contributed by atoms with Crippen molar-refractivity contribution in [3.63, 3.8) is 0 Å². The van der Waals surface area contributed by atoms with Gasteiger partial charge in [-0.25, -0.2) is 9.97 Å². The summed E-state index contributed by atoms with van der Waals surface area (Å²) in [7, 11) is 0. The molecule has 3 nitrogen and oxygen atoms in total. The molecule has 0 spiro atoms. The van der Waals surface area contributed by atoms with Gasteiger partial charge in [0.25, 0.3) is 0 Å². The van der Waals surface area contributed by atoms with Crippen LogP contribution in [0.2, 0.25) is 0 Å². The van der Waals surface area contributed by atoms with E-state index in [1.807, 2.05) is 6.20 Å². The van der Waals surface area contributed by atoms with E-state index in [0.29, 0.717) is 0 Å². The van der Waals surface area contributed by atoms with Gasteiger partial charge >= 0.3 is 0 Å². The summed E-state index contributed by atoms with van der Waals surface area (Å²) in [5.41, 5.74) is 10.2. The zero-order valence-electron chi connectivity index (χ0n) is 24.2. The Bertz CT molecular complexity index is 1870. The van der Waals surface area contributed by atoms with Crippen molar-refractivity contribution in [3.05, 3.63) is 115 Å². The van der Waals surface area contributed by atoms with E-state index in [1.54, 1.807) is 6.33 Å². The molecule has 6 aromatic rings. The third-order valence-corrected chi connectivity index (χ3v) is 7.75. The maximum absolute atomic E-state index is 4.74. The van der Waals surface area contributed by atoms with Gasteiger partial charge in [-0.3, -0.25) is 4.98 Å². The molecule has 0 unspecified atom stereocenters. The highest BCUT2D eigenvalue weighted by atomic mass is 14.8. The second-order valence-corrected chi connectivity index (χ2v) is 12.7. The first-order chi connectivity index (χ1) is 19.1. The van der Waals surface area contributed by atoms with E-state index in [-0.39, 0.29) is 10.8 Å². The fraction of sp³-hybridized carbons (Fsp3) is 0.216. The standard InChI is InChI=1S/C37H35N3/c1-36(2,3)28-15-16-31-34(22-28)39-23-40-35(31)27-14-13-24-9-8-12-30(32(24)20-27)25-10-7-11-26(19-25)33-21-29(17-18-38-33)37(4,5)6/h7-23H,1-6H3. The highest BCUT2D eigenvalue weighted by Gasteiger charge is 2.17. The van der Waals surface area contributed by atoms with Gasteiger partial charge in [0.15, 0.2) is 0 Å². The Morgan fingerprint density at radius 1 is 0.525 bits per heavy atom. The van der Waals surface area contributed by atoms with Crippen LogP contribution in [-0.4, -0.2) is 15.0 Å². The Hall–Kier alpha value is -4.37. The number of rotatable bonds is 3. The highest BCUT2D eigenvalue weighted by Crippen LogP contribution is 2.36. The summed E-state index contributed by atoms with van der Waals surface area (Å²) < 4.78 is 0. The monoisotopic (exact) mass is 521 g/mol. The predicted octanol–water partition coefficient (Wildman–Crippen LogP) is 9.77. The molecule has 3 heteroatoms. The van der Waals surface area contributed by atoms with Gasteiger partial charge < -0.3 is 0 Å². The van der Waals surface area contributed by atoms with Crippen LogP contribution in [0.3, 0.4) is 0 Å². The van der Waals surface area contributed by atoms with Crippen LogP contribution in [0.25, 0.3) is 55.3 Å². The maximum Gasteiger partial charge on any atom is 0.116 e. The van der Waals surface area contributed by atoms with E-state index in [4.69, 9.17) is 9.97 Å². The number of fused-ring (bicyclic) bond motifs is 2. The first kappa shape index (κ1) is 25.9. The fourth-order valence-electron chi connectivity index (χ4n) is 5.33. The average Bonchev–Trinajstić information content (AvgIpc) is 2.95. The lowest BCUT2D eigenvalue weighted by atomic mass is 9.86. The Kier molecular flexibility index (Phi) is 6.26. The molecule has 0 atom stereocenters. The maximum atomic E-state index is 4.74. The van der Waals surface area contributed by atoms with E-state index in [9.17, 15) is 0 Å². The molecular weight excluding hydrogens is 486 g/mol. The lowest BCUT2D eigenvalue weighted by Gasteiger charge is -2.19. The first-order valence-electron chi connectivity index (χ1n) is 13.9. The number of hydrogen-bond donors (Lipinski definition) is 0. The highest BCUT2D eigenvalue weighted by molar-refractivity contribution is 6.01. The normalized spacial score (nSPS) is 12.2. The summed E-state index contributed by atoms with van der Waals surface area (Å²) in [6.45, 7) is 13.4. The topological polar surface area (TPSA) is 38.7 Å². The van der Waals surface area contributed by atoms with Crippen molar-refractivity contribution < 1.29 is 0 Å². The molecular formula is C37H35N3. The number of hydrogen-bond acceptors (Lipinski definition) is 3. The van der Waals surface area contributed by atoms with Crippen LogP contribution in [0.1, 0.15) is 52.7 Å². The molecule has 198 valence electrons. The number of pyridine rings is 1. The molecule has 6 rings (SSSR count). The SMILES string of the molecule is CC(C)(C)c1ccnc(-c2cccc(-c3cccc4ccc(-c5ncnc6cc(C(C)(C)C)ccc56)cc34)c2)c1. The van der Waals surface area contributed by atoms with Crippen LogP contribution in [0, 0.1) is 0 Å². The zero-order valence-corrected chi connectivity index (χ0v) is 24.2. The van der Waals surface area contributed by atoms with Crippen molar-refractivity contribution in [1.29, 1.82) is 0 Å². The largest absolute Gasteiger partial charge is 0.256 e. The summed E-state index contributed by atoms with van der Waals surface area (Å²) in [6.07, 6.45) is 3.60. The molecule has 0 N–H and O–H groups in total. The summed E-state index contributed by atoms with van der Waals surface area (Å²) in [5.74, 6) is 0. The van der Waals surface area contributed by atoms with Gasteiger partial charge in [0.2, 0.25) is 0 Å². The van der Waals surface area contributed by atoms with Crippen molar-refractivity contribution >= 4 is 21.7 Å². The predicted molar refractivity (Wildman–Crippen MR) is 169 cm³/mol. The molecule has 0 aliphatic heterocycles. The van der Waals surface area contributed by atoms with E-state index in [1.165, 1.54) is 33.0 Å². The van der Waals surface area contributed by atoms with Gasteiger partial charge in [0.1, 0.15) is 6.33 Å². The van der Waals surface area contributed by atoms with Gasteiger partial charge in [0.05, 0.1) is 16.9 Å². The van der Waals surface area contributed by atoms with Crippen LogP contribution >= 0.6 is 0 Å². The molecule has 4 aromatic carbocycles. The molecule has 0 aliphatic rings. The van der Waals surface area contributed by atoms with Crippen LogP contribution in [-0.2, 0) is 10.8 Å². The van der Waals surface area contributed by atoms with Crippen molar-refractivity contribution in [3.8, 4) is 33.6 Å². The molecule has 0 radical (unpaired) electrons. The van der Waals surface area contributed by atoms with Crippen LogP contribution in [0.15, 0.2) is 104 Å². The van der Waals surface area contributed by atoms with E-state index >= 15 is 0 Å². The number of aromatic nitrogens is 3. The number of nitrogens with zero attached hydrogens (tertiary/aromatic N) is 3. The van der Waals surface area contributed by atoms with Crippen LogP contribution in [0.5, 0.6) is 0 Å². The van der Waals surface area contributed by atoms with Gasteiger partial charge in [0, 0.05) is 22.7 Å². The molecule has 40 heavy (non-hydrogen) atoms.